The normalized spacial score (nSPS) is 11.0. The van der Waals surface area contributed by atoms with Crippen LogP contribution in [0.15, 0.2) is 73.1 Å². The Morgan fingerprint density at radius 1 is 0.957 bits per heavy atom. The van der Waals surface area contributed by atoms with Gasteiger partial charge < -0.3 is 0 Å². The molecule has 4 heteroatoms. The molecule has 0 aliphatic carbocycles. The first-order valence-corrected chi connectivity index (χ1v) is 8.19. The summed E-state index contributed by atoms with van der Waals surface area (Å²) in [6.07, 6.45) is 4.01. The van der Waals surface area contributed by atoms with E-state index in [0.29, 0.717) is 6.54 Å². The Balaban J connectivity index is 1.60. The average molecular weight is 321 g/mol. The van der Waals surface area contributed by atoms with Gasteiger partial charge in [0.05, 0.1) is 10.2 Å². The zero-order valence-electron chi connectivity index (χ0n) is 12.3. The third kappa shape index (κ3) is 2.98. The summed E-state index contributed by atoms with van der Waals surface area (Å²) in [6.45, 7) is 0.651. The minimum absolute atomic E-state index is 0.200. The van der Waals surface area contributed by atoms with E-state index in [1.807, 2.05) is 41.2 Å². The maximum atomic E-state index is 13.2. The number of benzene rings is 2. The lowest BCUT2D eigenvalue weighted by molar-refractivity contribution is -0.688. The van der Waals surface area contributed by atoms with Gasteiger partial charge in [0.1, 0.15) is 10.8 Å². The van der Waals surface area contributed by atoms with Gasteiger partial charge in [-0.3, -0.25) is 0 Å². The molecule has 2 heterocycles. The van der Waals surface area contributed by atoms with E-state index in [0.717, 1.165) is 21.7 Å². The van der Waals surface area contributed by atoms with Crippen LogP contribution < -0.4 is 4.57 Å². The van der Waals surface area contributed by atoms with Gasteiger partial charge in [-0.25, -0.2) is 13.9 Å². The van der Waals surface area contributed by atoms with Gasteiger partial charge in [0.2, 0.25) is 0 Å². The number of fused-ring (bicyclic) bond motifs is 1. The molecule has 2 aromatic heterocycles. The van der Waals surface area contributed by atoms with E-state index in [1.54, 1.807) is 23.5 Å². The van der Waals surface area contributed by atoms with Crippen LogP contribution >= 0.6 is 11.3 Å². The molecule has 4 rings (SSSR count). The molecule has 0 N–H and O–H groups in total. The van der Waals surface area contributed by atoms with E-state index in [9.17, 15) is 4.39 Å². The Hall–Kier alpha value is -2.59. The molecule has 23 heavy (non-hydrogen) atoms. The minimum Gasteiger partial charge on any atom is -0.236 e. The van der Waals surface area contributed by atoms with Gasteiger partial charge >= 0.3 is 0 Å². The summed E-state index contributed by atoms with van der Waals surface area (Å²) in [6, 6.07) is 18.9. The summed E-state index contributed by atoms with van der Waals surface area (Å²) in [5.74, 6) is -0.200. The third-order valence-electron chi connectivity index (χ3n) is 3.69. The van der Waals surface area contributed by atoms with E-state index in [1.165, 1.54) is 10.8 Å². The highest BCUT2D eigenvalue weighted by atomic mass is 32.1. The molecular formula is C19H14FN2S+. The smallest absolute Gasteiger partial charge is 0.173 e. The van der Waals surface area contributed by atoms with Crippen LogP contribution in [-0.2, 0) is 6.54 Å². The van der Waals surface area contributed by atoms with Crippen molar-refractivity contribution in [1.82, 2.24) is 4.98 Å². The first kappa shape index (κ1) is 14.0. The minimum atomic E-state index is -0.200. The average Bonchev–Trinajstić information content (AvgIpc) is 2.99. The molecule has 0 fully saturated rings. The van der Waals surface area contributed by atoms with E-state index in [-0.39, 0.29) is 5.82 Å². The van der Waals surface area contributed by atoms with Crippen LogP contribution in [0, 0.1) is 5.82 Å². The lowest BCUT2D eigenvalue weighted by Crippen LogP contribution is -2.33. The molecule has 0 atom stereocenters. The maximum Gasteiger partial charge on any atom is 0.173 e. The summed E-state index contributed by atoms with van der Waals surface area (Å²) in [4.78, 5) is 4.67. The van der Waals surface area contributed by atoms with Gasteiger partial charge in [0.15, 0.2) is 18.9 Å². The predicted octanol–water partition coefficient (Wildman–Crippen LogP) is 4.44. The van der Waals surface area contributed by atoms with Crippen molar-refractivity contribution in [2.45, 2.75) is 6.54 Å². The van der Waals surface area contributed by atoms with Crippen molar-refractivity contribution in [2.75, 3.05) is 0 Å². The monoisotopic (exact) mass is 321 g/mol. The molecule has 0 saturated heterocycles. The second kappa shape index (κ2) is 5.89. The molecule has 0 amide bonds. The van der Waals surface area contributed by atoms with Crippen molar-refractivity contribution in [2.24, 2.45) is 0 Å². The molecule has 0 spiro atoms. The number of hydrogen-bond donors (Lipinski definition) is 0. The maximum absolute atomic E-state index is 13.2. The molecule has 0 bridgehead atoms. The van der Waals surface area contributed by atoms with Crippen molar-refractivity contribution >= 4 is 21.6 Å². The van der Waals surface area contributed by atoms with Gasteiger partial charge in [0.25, 0.3) is 0 Å². The predicted molar refractivity (Wildman–Crippen MR) is 90.8 cm³/mol. The second-order valence-corrected chi connectivity index (χ2v) is 6.41. The van der Waals surface area contributed by atoms with Crippen molar-refractivity contribution in [3.8, 4) is 10.6 Å². The Kier molecular flexibility index (Phi) is 3.60. The largest absolute Gasteiger partial charge is 0.236 e. The van der Waals surface area contributed by atoms with Crippen LogP contribution in [0.4, 0.5) is 4.39 Å². The Labute approximate surface area is 137 Å². The highest BCUT2D eigenvalue weighted by molar-refractivity contribution is 7.21. The van der Waals surface area contributed by atoms with E-state index in [4.69, 9.17) is 0 Å². The van der Waals surface area contributed by atoms with Crippen molar-refractivity contribution in [3.05, 3.63) is 84.4 Å². The number of nitrogens with zero attached hydrogens (tertiary/aromatic N) is 2. The summed E-state index contributed by atoms with van der Waals surface area (Å²) < 4.78 is 16.5. The highest BCUT2D eigenvalue weighted by Crippen LogP contribution is 2.29. The fourth-order valence-corrected chi connectivity index (χ4v) is 3.52. The Morgan fingerprint density at radius 3 is 2.57 bits per heavy atom. The lowest BCUT2D eigenvalue weighted by Gasteiger charge is -1.99. The van der Waals surface area contributed by atoms with Gasteiger partial charge in [0, 0.05) is 23.3 Å². The first-order valence-electron chi connectivity index (χ1n) is 7.37. The Morgan fingerprint density at radius 2 is 1.78 bits per heavy atom. The fourth-order valence-electron chi connectivity index (χ4n) is 2.55. The number of para-hydroxylation sites is 1. The highest BCUT2D eigenvalue weighted by Gasteiger charge is 2.09. The van der Waals surface area contributed by atoms with Crippen LogP contribution in [0.3, 0.4) is 0 Å². The third-order valence-corrected chi connectivity index (χ3v) is 4.77. The molecule has 0 aliphatic rings. The molecule has 0 unspecified atom stereocenters. The number of aromatic nitrogens is 2. The van der Waals surface area contributed by atoms with Crippen LogP contribution in [0.5, 0.6) is 0 Å². The summed E-state index contributed by atoms with van der Waals surface area (Å²) >= 11 is 1.69. The molecule has 0 aliphatic heterocycles. The number of pyridine rings is 1. The molecule has 2 nitrogen and oxygen atoms in total. The molecule has 4 aromatic rings. The van der Waals surface area contributed by atoms with Crippen molar-refractivity contribution in [3.63, 3.8) is 0 Å². The number of thiazole rings is 1. The van der Waals surface area contributed by atoms with E-state index < -0.39 is 0 Å². The van der Waals surface area contributed by atoms with Crippen molar-refractivity contribution in [1.29, 1.82) is 0 Å². The molecule has 112 valence electrons. The van der Waals surface area contributed by atoms with Gasteiger partial charge in [-0.1, -0.05) is 24.3 Å². The molecular weight excluding hydrogens is 307 g/mol. The topological polar surface area (TPSA) is 16.8 Å². The number of hydrogen-bond acceptors (Lipinski definition) is 2. The lowest BCUT2D eigenvalue weighted by atomic mass is 10.2. The van der Waals surface area contributed by atoms with E-state index in [2.05, 4.69) is 23.2 Å². The van der Waals surface area contributed by atoms with Gasteiger partial charge in [-0.05, 0) is 24.3 Å². The second-order valence-electron chi connectivity index (χ2n) is 5.38. The molecule has 2 aromatic carbocycles. The van der Waals surface area contributed by atoms with Crippen LogP contribution in [0.2, 0.25) is 0 Å². The number of halogens is 1. The summed E-state index contributed by atoms with van der Waals surface area (Å²) in [5.41, 5.74) is 3.08. The fraction of sp³-hybridized carbons (Fsp3) is 0.0526. The quantitative estimate of drug-likeness (QED) is 0.510. The molecule has 0 radical (unpaired) electrons. The van der Waals surface area contributed by atoms with Crippen LogP contribution in [-0.4, -0.2) is 4.98 Å². The zero-order chi connectivity index (χ0) is 15.6. The van der Waals surface area contributed by atoms with E-state index >= 15 is 0 Å². The summed E-state index contributed by atoms with van der Waals surface area (Å²) in [7, 11) is 0. The SMILES string of the molecule is Fc1cccc(C[n+]2ccc(-c3nc4ccccc4s3)cc2)c1. The van der Waals surface area contributed by atoms with Gasteiger partial charge in [-0.2, -0.15) is 0 Å². The van der Waals surface area contributed by atoms with Crippen LogP contribution in [0.1, 0.15) is 5.56 Å². The van der Waals surface area contributed by atoms with Crippen molar-refractivity contribution < 1.29 is 8.96 Å². The van der Waals surface area contributed by atoms with Gasteiger partial charge in [-0.15, -0.1) is 11.3 Å². The number of rotatable bonds is 3. The Bertz CT molecular complexity index is 927. The standard InChI is InChI=1S/C19H14FN2S/c20-16-5-3-4-14(12-16)13-22-10-8-15(9-11-22)19-21-17-6-1-2-7-18(17)23-19/h1-12H,13H2/q+1. The molecule has 0 saturated carbocycles. The first-order chi connectivity index (χ1) is 11.3. The summed E-state index contributed by atoms with van der Waals surface area (Å²) in [5, 5.41) is 1.02. The zero-order valence-corrected chi connectivity index (χ0v) is 13.1. The van der Waals surface area contributed by atoms with Crippen LogP contribution in [0.25, 0.3) is 20.8 Å².